The molecule has 0 radical (unpaired) electrons. The SMILES string of the molecule is COC(=O)c1c(NC(=O)/C=C\c2ccc(Cl)cc2)sc2c1CCCCCC2. The van der Waals surface area contributed by atoms with E-state index in [0.29, 0.717) is 15.6 Å². The summed E-state index contributed by atoms with van der Waals surface area (Å²) in [6.07, 6.45) is 9.51. The van der Waals surface area contributed by atoms with Crippen molar-refractivity contribution in [3.63, 3.8) is 0 Å². The van der Waals surface area contributed by atoms with Crippen LogP contribution in [0.15, 0.2) is 30.3 Å². The number of halogens is 1. The predicted octanol–water partition coefficient (Wildman–Crippen LogP) is 5.50. The first kappa shape index (κ1) is 19.6. The second-order valence-corrected chi connectivity index (χ2v) is 8.03. The molecule has 0 aliphatic heterocycles. The summed E-state index contributed by atoms with van der Waals surface area (Å²) in [5, 5.41) is 4.10. The van der Waals surface area contributed by atoms with Gasteiger partial charge in [0.25, 0.3) is 0 Å². The Kier molecular flexibility index (Phi) is 6.69. The number of amides is 1. The maximum absolute atomic E-state index is 12.4. The number of carbonyl (C=O) groups is 2. The molecule has 142 valence electrons. The number of nitrogens with one attached hydrogen (secondary N) is 1. The fourth-order valence-corrected chi connectivity index (χ4v) is 4.63. The third-order valence-corrected chi connectivity index (χ3v) is 6.05. The van der Waals surface area contributed by atoms with Gasteiger partial charge < -0.3 is 10.1 Å². The lowest BCUT2D eigenvalue weighted by Crippen LogP contribution is -2.12. The molecule has 3 rings (SSSR count). The number of ether oxygens (including phenoxy) is 1. The van der Waals surface area contributed by atoms with Crippen LogP contribution in [0.4, 0.5) is 5.00 Å². The summed E-state index contributed by atoms with van der Waals surface area (Å²) in [6, 6.07) is 7.22. The molecule has 1 N–H and O–H groups in total. The van der Waals surface area contributed by atoms with Gasteiger partial charge in [-0.25, -0.2) is 4.79 Å². The molecule has 0 saturated heterocycles. The highest BCUT2D eigenvalue weighted by Gasteiger charge is 2.25. The van der Waals surface area contributed by atoms with E-state index >= 15 is 0 Å². The standard InChI is InChI=1S/C21H22ClNO3S/c1-26-21(25)19-16-6-4-2-3-5-7-17(16)27-20(19)23-18(24)13-10-14-8-11-15(22)12-9-14/h8-13H,2-7H2,1H3,(H,23,24)/b13-10-. The van der Waals surface area contributed by atoms with Crippen molar-refractivity contribution in [3.8, 4) is 0 Å². The van der Waals surface area contributed by atoms with Gasteiger partial charge in [0.1, 0.15) is 5.00 Å². The maximum Gasteiger partial charge on any atom is 0.341 e. The van der Waals surface area contributed by atoms with Crippen molar-refractivity contribution in [2.75, 3.05) is 12.4 Å². The lowest BCUT2D eigenvalue weighted by molar-refractivity contribution is -0.111. The molecule has 1 aliphatic carbocycles. The van der Waals surface area contributed by atoms with Crippen LogP contribution in [-0.4, -0.2) is 19.0 Å². The van der Waals surface area contributed by atoms with Gasteiger partial charge in [0.05, 0.1) is 12.7 Å². The first-order valence-electron chi connectivity index (χ1n) is 9.06. The summed E-state index contributed by atoms with van der Waals surface area (Å²) in [5.74, 6) is -0.658. The molecule has 2 aromatic rings. The Bertz CT molecular complexity index is 855. The first-order valence-corrected chi connectivity index (χ1v) is 10.3. The number of thiophene rings is 1. The Morgan fingerprint density at radius 3 is 2.52 bits per heavy atom. The van der Waals surface area contributed by atoms with Gasteiger partial charge in [0.2, 0.25) is 5.91 Å². The molecule has 1 aromatic heterocycles. The number of carbonyl (C=O) groups excluding carboxylic acids is 2. The number of esters is 1. The third kappa shape index (κ3) is 4.99. The zero-order chi connectivity index (χ0) is 19.2. The van der Waals surface area contributed by atoms with Crippen LogP contribution in [0.25, 0.3) is 6.08 Å². The van der Waals surface area contributed by atoms with Gasteiger partial charge >= 0.3 is 5.97 Å². The summed E-state index contributed by atoms with van der Waals surface area (Å²) in [6.45, 7) is 0. The van der Waals surface area contributed by atoms with Gasteiger partial charge in [-0.15, -0.1) is 11.3 Å². The summed E-state index contributed by atoms with van der Waals surface area (Å²) in [7, 11) is 1.38. The van der Waals surface area contributed by atoms with Crippen molar-refractivity contribution >= 4 is 45.9 Å². The molecule has 4 nitrogen and oxygen atoms in total. The molecule has 1 aliphatic rings. The number of hydrogen-bond donors (Lipinski definition) is 1. The van der Waals surface area contributed by atoms with Gasteiger partial charge in [-0.2, -0.15) is 0 Å². The fraction of sp³-hybridized carbons (Fsp3) is 0.333. The molecule has 0 saturated carbocycles. The molecular weight excluding hydrogens is 382 g/mol. The lowest BCUT2D eigenvalue weighted by Gasteiger charge is -2.10. The van der Waals surface area contributed by atoms with Gasteiger partial charge in [0.15, 0.2) is 0 Å². The monoisotopic (exact) mass is 403 g/mol. The predicted molar refractivity (Wildman–Crippen MR) is 111 cm³/mol. The minimum atomic E-state index is -0.384. The van der Waals surface area contributed by atoms with Gasteiger partial charge in [-0.05, 0) is 55.0 Å². The number of anilines is 1. The molecule has 0 bridgehead atoms. The Labute approximate surface area is 168 Å². The largest absolute Gasteiger partial charge is 0.465 e. The average Bonchev–Trinajstić information content (AvgIpc) is 2.96. The van der Waals surface area contributed by atoms with E-state index in [4.69, 9.17) is 16.3 Å². The van der Waals surface area contributed by atoms with E-state index in [1.165, 1.54) is 42.2 Å². The van der Waals surface area contributed by atoms with Crippen molar-refractivity contribution < 1.29 is 14.3 Å². The number of methoxy groups -OCH3 is 1. The number of hydrogen-bond acceptors (Lipinski definition) is 4. The van der Waals surface area contributed by atoms with Crippen molar-refractivity contribution in [1.82, 2.24) is 0 Å². The average molecular weight is 404 g/mol. The smallest absolute Gasteiger partial charge is 0.341 e. The molecule has 0 atom stereocenters. The van der Waals surface area contributed by atoms with Crippen LogP contribution < -0.4 is 5.32 Å². The molecular formula is C21H22ClNO3S. The van der Waals surface area contributed by atoms with Crippen LogP contribution in [-0.2, 0) is 22.4 Å². The quantitative estimate of drug-likeness (QED) is 0.541. The lowest BCUT2D eigenvalue weighted by atomic mass is 9.96. The minimum absolute atomic E-state index is 0.274. The highest BCUT2D eigenvalue weighted by Crippen LogP contribution is 2.37. The maximum atomic E-state index is 12.4. The topological polar surface area (TPSA) is 55.4 Å². The number of fused-ring (bicyclic) bond motifs is 1. The number of benzene rings is 1. The second kappa shape index (κ2) is 9.20. The molecule has 1 heterocycles. The molecule has 27 heavy (non-hydrogen) atoms. The normalized spacial score (nSPS) is 14.3. The molecule has 0 spiro atoms. The first-order chi connectivity index (χ1) is 13.1. The van der Waals surface area contributed by atoms with E-state index in [1.54, 1.807) is 18.2 Å². The van der Waals surface area contributed by atoms with Crippen LogP contribution in [0.2, 0.25) is 5.02 Å². The van der Waals surface area contributed by atoms with E-state index < -0.39 is 0 Å². The van der Waals surface area contributed by atoms with Gasteiger partial charge in [-0.3, -0.25) is 4.79 Å². The Hall–Kier alpha value is -2.11. The molecule has 1 aromatic carbocycles. The zero-order valence-electron chi connectivity index (χ0n) is 15.2. The van der Waals surface area contributed by atoms with Crippen molar-refractivity contribution in [2.45, 2.75) is 38.5 Å². The Balaban J connectivity index is 1.82. The van der Waals surface area contributed by atoms with Crippen LogP contribution in [0.1, 0.15) is 52.0 Å². The molecule has 0 fully saturated rings. The van der Waals surface area contributed by atoms with Crippen LogP contribution in [0, 0.1) is 0 Å². The van der Waals surface area contributed by atoms with Crippen molar-refractivity contribution in [3.05, 3.63) is 56.9 Å². The molecule has 1 amide bonds. The number of aryl methyl sites for hydroxylation is 1. The van der Waals surface area contributed by atoms with Crippen LogP contribution >= 0.6 is 22.9 Å². The van der Waals surface area contributed by atoms with Crippen LogP contribution in [0.5, 0.6) is 0 Å². The minimum Gasteiger partial charge on any atom is -0.465 e. The number of rotatable bonds is 4. The van der Waals surface area contributed by atoms with Crippen LogP contribution in [0.3, 0.4) is 0 Å². The van der Waals surface area contributed by atoms with E-state index in [2.05, 4.69) is 5.32 Å². The summed E-state index contributed by atoms with van der Waals surface area (Å²) >= 11 is 7.37. The summed E-state index contributed by atoms with van der Waals surface area (Å²) in [5.41, 5.74) is 2.44. The highest BCUT2D eigenvalue weighted by molar-refractivity contribution is 7.17. The van der Waals surface area contributed by atoms with Gasteiger partial charge in [0, 0.05) is 16.0 Å². The van der Waals surface area contributed by atoms with E-state index in [-0.39, 0.29) is 11.9 Å². The molecule has 6 heteroatoms. The van der Waals surface area contributed by atoms with E-state index in [0.717, 1.165) is 36.8 Å². The van der Waals surface area contributed by atoms with E-state index in [1.807, 2.05) is 12.1 Å². The van der Waals surface area contributed by atoms with Crippen molar-refractivity contribution in [1.29, 1.82) is 0 Å². The zero-order valence-corrected chi connectivity index (χ0v) is 16.8. The third-order valence-electron chi connectivity index (χ3n) is 4.59. The fourth-order valence-electron chi connectivity index (χ4n) is 3.22. The van der Waals surface area contributed by atoms with Gasteiger partial charge in [-0.1, -0.05) is 36.6 Å². The second-order valence-electron chi connectivity index (χ2n) is 6.49. The highest BCUT2D eigenvalue weighted by atomic mass is 35.5. The molecule has 0 unspecified atom stereocenters. The Morgan fingerprint density at radius 2 is 1.81 bits per heavy atom. The summed E-state index contributed by atoms with van der Waals surface area (Å²) < 4.78 is 4.98. The van der Waals surface area contributed by atoms with Crippen molar-refractivity contribution in [2.24, 2.45) is 0 Å². The van der Waals surface area contributed by atoms with E-state index in [9.17, 15) is 9.59 Å². The Morgan fingerprint density at radius 1 is 1.11 bits per heavy atom. The summed E-state index contributed by atoms with van der Waals surface area (Å²) in [4.78, 5) is 25.9.